The first kappa shape index (κ1) is 17.9. The van der Waals surface area contributed by atoms with Gasteiger partial charge in [0.25, 0.3) is 0 Å². The van der Waals surface area contributed by atoms with Crippen LogP contribution in [0, 0.1) is 0 Å². The third-order valence-corrected chi connectivity index (χ3v) is 4.13. The van der Waals surface area contributed by atoms with Gasteiger partial charge >= 0.3 is 12.1 Å². The summed E-state index contributed by atoms with van der Waals surface area (Å²) in [6, 6.07) is 17.0. The molecule has 0 aromatic heterocycles. The topological polar surface area (TPSA) is 64.6 Å². The van der Waals surface area contributed by atoms with E-state index in [1.807, 2.05) is 54.6 Å². The summed E-state index contributed by atoms with van der Waals surface area (Å²) in [5.74, 6) is -0.520. The normalized spacial score (nSPS) is 11.4. The van der Waals surface area contributed by atoms with Gasteiger partial charge in [-0.25, -0.2) is 9.59 Å². The minimum Gasteiger partial charge on any atom is -0.467 e. The van der Waals surface area contributed by atoms with Gasteiger partial charge in [-0.3, -0.25) is 0 Å². The summed E-state index contributed by atoms with van der Waals surface area (Å²) in [4.78, 5) is 25.1. The third-order valence-electron chi connectivity index (χ3n) is 3.14. The fourth-order valence-corrected chi connectivity index (χ4v) is 2.85. The van der Waals surface area contributed by atoms with Crippen molar-refractivity contribution in [2.45, 2.75) is 29.4 Å². The Morgan fingerprint density at radius 1 is 1.08 bits per heavy atom. The molecular formula is C18H19NO4S. The lowest BCUT2D eigenvalue weighted by molar-refractivity contribution is -0.142. The number of hydrogen-bond acceptors (Lipinski definition) is 5. The molecule has 0 saturated heterocycles. The van der Waals surface area contributed by atoms with E-state index >= 15 is 0 Å². The Morgan fingerprint density at radius 3 is 2.50 bits per heavy atom. The maximum Gasteiger partial charge on any atom is 0.408 e. The standard InChI is InChI=1S/C18H19NO4S/c1-13(17(20)22-2)19-18(21)23-12-14-7-6-10-16(11-14)24-15-8-4-3-5-9-15/h3-11,13H,12H2,1-2H3,(H,19,21)/t13-/m1/s1. The second-order valence-electron chi connectivity index (χ2n) is 5.03. The van der Waals surface area contributed by atoms with Gasteiger partial charge in [0.05, 0.1) is 7.11 Å². The number of benzene rings is 2. The molecule has 0 spiro atoms. The van der Waals surface area contributed by atoms with Crippen LogP contribution in [0.2, 0.25) is 0 Å². The number of ether oxygens (including phenoxy) is 2. The van der Waals surface area contributed by atoms with Crippen LogP contribution < -0.4 is 5.32 Å². The van der Waals surface area contributed by atoms with Crippen molar-refractivity contribution in [1.29, 1.82) is 0 Å². The molecule has 2 aromatic carbocycles. The van der Waals surface area contributed by atoms with Gasteiger partial charge < -0.3 is 14.8 Å². The van der Waals surface area contributed by atoms with Crippen LogP contribution in [-0.2, 0) is 20.9 Å². The molecule has 0 aliphatic heterocycles. The van der Waals surface area contributed by atoms with Crippen molar-refractivity contribution in [3.05, 3.63) is 60.2 Å². The van der Waals surface area contributed by atoms with Crippen molar-refractivity contribution in [2.24, 2.45) is 0 Å². The van der Waals surface area contributed by atoms with E-state index in [-0.39, 0.29) is 6.61 Å². The van der Waals surface area contributed by atoms with Gasteiger partial charge in [-0.05, 0) is 36.8 Å². The van der Waals surface area contributed by atoms with Gasteiger partial charge in [0, 0.05) is 9.79 Å². The number of methoxy groups -OCH3 is 1. The van der Waals surface area contributed by atoms with E-state index in [0.717, 1.165) is 15.4 Å². The Kier molecular flexibility index (Phi) is 6.69. The summed E-state index contributed by atoms with van der Waals surface area (Å²) in [5, 5.41) is 2.41. The zero-order valence-electron chi connectivity index (χ0n) is 13.5. The number of alkyl carbamates (subject to hydrolysis) is 1. The van der Waals surface area contributed by atoms with Crippen LogP contribution in [0.15, 0.2) is 64.4 Å². The maximum absolute atomic E-state index is 11.7. The first-order chi connectivity index (χ1) is 11.6. The van der Waals surface area contributed by atoms with Crippen molar-refractivity contribution in [1.82, 2.24) is 5.32 Å². The molecule has 6 heteroatoms. The van der Waals surface area contributed by atoms with E-state index in [2.05, 4.69) is 10.1 Å². The molecule has 1 amide bonds. The van der Waals surface area contributed by atoms with E-state index in [1.54, 1.807) is 11.8 Å². The molecule has 1 N–H and O–H groups in total. The number of nitrogens with one attached hydrogen (secondary N) is 1. The highest BCUT2D eigenvalue weighted by Crippen LogP contribution is 2.27. The first-order valence-corrected chi connectivity index (χ1v) is 8.23. The summed E-state index contributed by atoms with van der Waals surface area (Å²) < 4.78 is 9.67. The monoisotopic (exact) mass is 345 g/mol. The number of carbonyl (C=O) groups is 2. The fourth-order valence-electron chi connectivity index (χ4n) is 1.93. The van der Waals surface area contributed by atoms with Gasteiger partial charge in [0.15, 0.2) is 0 Å². The Labute approximate surface area is 145 Å². The minimum absolute atomic E-state index is 0.128. The molecule has 5 nitrogen and oxygen atoms in total. The van der Waals surface area contributed by atoms with Gasteiger partial charge in [0.2, 0.25) is 0 Å². The Bertz CT molecular complexity index is 690. The third kappa shape index (κ3) is 5.62. The molecule has 0 aliphatic rings. The quantitative estimate of drug-likeness (QED) is 0.810. The fraction of sp³-hybridized carbons (Fsp3) is 0.222. The van der Waals surface area contributed by atoms with Crippen LogP contribution in [0.5, 0.6) is 0 Å². The summed E-state index contributed by atoms with van der Waals surface area (Å²) in [6.45, 7) is 1.66. The van der Waals surface area contributed by atoms with Gasteiger partial charge in [-0.1, -0.05) is 42.1 Å². The first-order valence-electron chi connectivity index (χ1n) is 7.41. The minimum atomic E-state index is -0.748. The molecule has 2 aromatic rings. The summed E-state index contributed by atoms with van der Waals surface area (Å²) >= 11 is 1.64. The highest BCUT2D eigenvalue weighted by Gasteiger charge is 2.16. The van der Waals surface area contributed by atoms with Crippen molar-refractivity contribution in [3.8, 4) is 0 Å². The lowest BCUT2D eigenvalue weighted by atomic mass is 10.2. The lowest BCUT2D eigenvalue weighted by Gasteiger charge is -2.12. The van der Waals surface area contributed by atoms with Crippen LogP contribution in [-0.4, -0.2) is 25.2 Å². The van der Waals surface area contributed by atoms with Gasteiger partial charge in [-0.2, -0.15) is 0 Å². The highest BCUT2D eigenvalue weighted by atomic mass is 32.2. The summed E-state index contributed by atoms with van der Waals surface area (Å²) in [5.41, 5.74) is 0.872. The molecule has 126 valence electrons. The van der Waals surface area contributed by atoms with Crippen molar-refractivity contribution >= 4 is 23.8 Å². The predicted molar refractivity (Wildman–Crippen MR) is 91.8 cm³/mol. The van der Waals surface area contributed by atoms with E-state index in [1.165, 1.54) is 14.0 Å². The zero-order valence-corrected chi connectivity index (χ0v) is 14.3. The predicted octanol–water partition coefficient (Wildman–Crippen LogP) is 3.63. The van der Waals surface area contributed by atoms with E-state index in [9.17, 15) is 9.59 Å². The average Bonchev–Trinajstić information content (AvgIpc) is 2.60. The number of carbonyl (C=O) groups excluding carboxylic acids is 2. The molecule has 0 unspecified atom stereocenters. The lowest BCUT2D eigenvalue weighted by Crippen LogP contribution is -2.39. The second kappa shape index (κ2) is 8.98. The maximum atomic E-state index is 11.7. The number of rotatable bonds is 6. The Morgan fingerprint density at radius 2 is 1.79 bits per heavy atom. The second-order valence-corrected chi connectivity index (χ2v) is 6.17. The molecule has 0 heterocycles. The highest BCUT2D eigenvalue weighted by molar-refractivity contribution is 7.99. The van der Waals surface area contributed by atoms with Gasteiger partial charge in [0.1, 0.15) is 12.6 Å². The molecule has 0 radical (unpaired) electrons. The van der Waals surface area contributed by atoms with Gasteiger partial charge in [-0.15, -0.1) is 0 Å². The van der Waals surface area contributed by atoms with Crippen molar-refractivity contribution in [3.63, 3.8) is 0 Å². The smallest absolute Gasteiger partial charge is 0.408 e. The Balaban J connectivity index is 1.88. The largest absolute Gasteiger partial charge is 0.467 e. The van der Waals surface area contributed by atoms with E-state index in [4.69, 9.17) is 4.74 Å². The zero-order chi connectivity index (χ0) is 17.4. The van der Waals surface area contributed by atoms with E-state index in [0.29, 0.717) is 0 Å². The van der Waals surface area contributed by atoms with Crippen LogP contribution in [0.25, 0.3) is 0 Å². The van der Waals surface area contributed by atoms with Crippen LogP contribution >= 0.6 is 11.8 Å². The van der Waals surface area contributed by atoms with Crippen LogP contribution in [0.1, 0.15) is 12.5 Å². The molecule has 0 bridgehead atoms. The molecule has 0 fully saturated rings. The molecule has 0 aliphatic carbocycles. The molecule has 2 rings (SSSR count). The summed E-state index contributed by atoms with van der Waals surface area (Å²) in [6.07, 6.45) is -0.658. The van der Waals surface area contributed by atoms with E-state index < -0.39 is 18.1 Å². The molecule has 24 heavy (non-hydrogen) atoms. The van der Waals surface area contributed by atoms with Crippen molar-refractivity contribution < 1.29 is 19.1 Å². The number of hydrogen-bond donors (Lipinski definition) is 1. The number of amides is 1. The number of esters is 1. The average molecular weight is 345 g/mol. The van der Waals surface area contributed by atoms with Crippen molar-refractivity contribution in [2.75, 3.05) is 7.11 Å². The SMILES string of the molecule is COC(=O)[C@@H](C)NC(=O)OCc1cccc(Sc2ccccc2)c1. The molecular weight excluding hydrogens is 326 g/mol. The molecule has 0 saturated carbocycles. The van der Waals surface area contributed by atoms with Crippen LogP contribution in [0.4, 0.5) is 4.79 Å². The molecule has 1 atom stereocenters. The summed E-state index contributed by atoms with van der Waals surface area (Å²) in [7, 11) is 1.27. The Hall–Kier alpha value is -2.47. The van der Waals surface area contributed by atoms with Crippen LogP contribution in [0.3, 0.4) is 0 Å².